The first-order chi connectivity index (χ1) is 9.95. The number of allylic oxidation sites excluding steroid dienone is 1. The van der Waals surface area contributed by atoms with E-state index in [1.165, 1.54) is 16.3 Å². The van der Waals surface area contributed by atoms with Crippen molar-refractivity contribution >= 4 is 19.8 Å². The van der Waals surface area contributed by atoms with Crippen molar-refractivity contribution in [1.82, 2.24) is 0 Å². The molecule has 0 radical (unpaired) electrons. The van der Waals surface area contributed by atoms with E-state index in [1.54, 1.807) is 0 Å². The van der Waals surface area contributed by atoms with Gasteiger partial charge in [0.2, 0.25) is 9.04 Å². The summed E-state index contributed by atoms with van der Waals surface area (Å²) >= 11 is 0. The van der Waals surface area contributed by atoms with Crippen LogP contribution in [0.1, 0.15) is 32.3 Å². The van der Waals surface area contributed by atoms with Gasteiger partial charge < -0.3 is 4.43 Å². The summed E-state index contributed by atoms with van der Waals surface area (Å²) in [7, 11) is -1.15. The average Bonchev–Trinajstić information content (AvgIpc) is 2.45. The van der Waals surface area contributed by atoms with Crippen molar-refractivity contribution in [3.05, 3.63) is 54.6 Å². The predicted octanol–water partition coefficient (Wildman–Crippen LogP) is 5.45. The maximum Gasteiger partial charge on any atom is 0.229 e. The molecule has 0 aliphatic rings. The van der Waals surface area contributed by atoms with Crippen LogP contribution in [-0.2, 0) is 5.41 Å². The third kappa shape index (κ3) is 3.56. The van der Waals surface area contributed by atoms with Crippen LogP contribution in [0.3, 0.4) is 0 Å². The lowest BCUT2D eigenvalue weighted by molar-refractivity contribution is 0.461. The predicted molar refractivity (Wildman–Crippen MR) is 95.9 cm³/mol. The highest BCUT2D eigenvalue weighted by atomic mass is 28.3. The first kappa shape index (κ1) is 15.8. The van der Waals surface area contributed by atoms with Crippen molar-refractivity contribution in [3.8, 4) is 5.75 Å². The van der Waals surface area contributed by atoms with Gasteiger partial charge in [0.1, 0.15) is 5.75 Å². The first-order valence-electron chi connectivity index (χ1n) is 7.75. The van der Waals surface area contributed by atoms with Crippen LogP contribution in [0, 0.1) is 0 Å². The van der Waals surface area contributed by atoms with E-state index in [0.717, 1.165) is 18.6 Å². The molecule has 0 unspecified atom stereocenters. The largest absolute Gasteiger partial charge is 0.546 e. The number of benzene rings is 2. The normalized spacial score (nSPS) is 11.9. The van der Waals surface area contributed by atoms with Crippen molar-refractivity contribution in [2.24, 2.45) is 0 Å². The van der Waals surface area contributed by atoms with Gasteiger partial charge in [-0.1, -0.05) is 56.3 Å². The zero-order valence-electron chi connectivity index (χ0n) is 13.6. The molecule has 0 aliphatic heterocycles. The minimum absolute atomic E-state index is 0.0941. The summed E-state index contributed by atoms with van der Waals surface area (Å²) in [5.74, 6) is 1.10. The van der Waals surface area contributed by atoms with Crippen molar-refractivity contribution in [1.29, 1.82) is 0 Å². The van der Waals surface area contributed by atoms with Gasteiger partial charge in [-0.25, -0.2) is 0 Å². The zero-order valence-corrected chi connectivity index (χ0v) is 14.8. The number of fused-ring (bicyclic) bond motifs is 1. The molecular weight excluding hydrogens is 272 g/mol. The monoisotopic (exact) mass is 298 g/mol. The third-order valence-corrected chi connectivity index (χ3v) is 4.64. The van der Waals surface area contributed by atoms with Crippen LogP contribution in [0.5, 0.6) is 5.75 Å². The van der Waals surface area contributed by atoms with Crippen LogP contribution >= 0.6 is 0 Å². The number of rotatable bonds is 6. The van der Waals surface area contributed by atoms with Crippen LogP contribution in [0.25, 0.3) is 10.8 Å². The molecule has 1 nitrogen and oxygen atoms in total. The van der Waals surface area contributed by atoms with E-state index >= 15 is 0 Å². The molecule has 21 heavy (non-hydrogen) atoms. The highest BCUT2D eigenvalue weighted by Crippen LogP contribution is 2.40. The Balaban J connectivity index is 2.59. The fraction of sp³-hybridized carbons (Fsp3) is 0.368. The van der Waals surface area contributed by atoms with Crippen LogP contribution in [0.4, 0.5) is 0 Å². The second-order valence-electron chi connectivity index (χ2n) is 6.54. The fourth-order valence-electron chi connectivity index (χ4n) is 2.74. The molecule has 0 fully saturated rings. The highest BCUT2D eigenvalue weighted by molar-refractivity contribution is 6.49. The standard InChI is InChI=1S/C19H26OSi/c1-6-7-14-19(2,3)17-13-12-15-10-8-9-11-16(15)18(17)20-21(4)5/h6,8-13,21H,1,7,14H2,2-5H3. The fourth-order valence-corrected chi connectivity index (χ4v) is 3.46. The van der Waals surface area contributed by atoms with Crippen LogP contribution in [0.15, 0.2) is 49.1 Å². The van der Waals surface area contributed by atoms with Crippen molar-refractivity contribution < 1.29 is 4.43 Å². The molecule has 2 aromatic carbocycles. The molecule has 2 aromatic rings. The average molecular weight is 299 g/mol. The second kappa shape index (κ2) is 6.48. The van der Waals surface area contributed by atoms with Gasteiger partial charge in [-0.2, -0.15) is 0 Å². The van der Waals surface area contributed by atoms with Gasteiger partial charge in [-0.05, 0) is 42.3 Å². The Morgan fingerprint density at radius 1 is 1.14 bits per heavy atom. The molecule has 0 heterocycles. The van der Waals surface area contributed by atoms with Crippen molar-refractivity contribution in [2.45, 2.75) is 45.2 Å². The van der Waals surface area contributed by atoms with Gasteiger partial charge in [0.05, 0.1) is 0 Å². The minimum atomic E-state index is -1.15. The second-order valence-corrected chi connectivity index (χ2v) is 8.87. The molecule has 0 saturated heterocycles. The molecule has 0 spiro atoms. The van der Waals surface area contributed by atoms with Gasteiger partial charge >= 0.3 is 0 Å². The lowest BCUT2D eigenvalue weighted by atomic mass is 9.79. The van der Waals surface area contributed by atoms with Crippen LogP contribution in [-0.4, -0.2) is 9.04 Å². The molecule has 0 aliphatic carbocycles. The molecule has 2 heteroatoms. The quantitative estimate of drug-likeness (QED) is 0.509. The molecule has 0 aromatic heterocycles. The molecule has 2 rings (SSSR count). The molecule has 112 valence electrons. The van der Waals surface area contributed by atoms with E-state index in [0.29, 0.717) is 0 Å². The highest BCUT2D eigenvalue weighted by Gasteiger charge is 2.25. The Hall–Kier alpha value is -1.54. The molecule has 0 bridgehead atoms. The van der Waals surface area contributed by atoms with Gasteiger partial charge in [0.25, 0.3) is 0 Å². The summed E-state index contributed by atoms with van der Waals surface area (Å²) in [5.41, 5.74) is 1.42. The lowest BCUT2D eigenvalue weighted by Gasteiger charge is -2.29. The van der Waals surface area contributed by atoms with Gasteiger partial charge in [-0.15, -0.1) is 6.58 Å². The summed E-state index contributed by atoms with van der Waals surface area (Å²) in [6, 6.07) is 13.0. The van der Waals surface area contributed by atoms with E-state index in [4.69, 9.17) is 4.43 Å². The molecule has 0 amide bonds. The summed E-state index contributed by atoms with van der Waals surface area (Å²) in [4.78, 5) is 0. The van der Waals surface area contributed by atoms with Crippen LogP contribution < -0.4 is 4.43 Å². The van der Waals surface area contributed by atoms with E-state index in [2.05, 4.69) is 69.9 Å². The Morgan fingerprint density at radius 3 is 2.52 bits per heavy atom. The topological polar surface area (TPSA) is 9.23 Å². The maximum absolute atomic E-state index is 6.34. The smallest absolute Gasteiger partial charge is 0.229 e. The zero-order chi connectivity index (χ0) is 15.5. The van der Waals surface area contributed by atoms with E-state index < -0.39 is 9.04 Å². The van der Waals surface area contributed by atoms with Gasteiger partial charge in [0, 0.05) is 5.39 Å². The van der Waals surface area contributed by atoms with Crippen molar-refractivity contribution in [2.75, 3.05) is 0 Å². The Kier molecular flexibility index (Phi) is 4.89. The van der Waals surface area contributed by atoms with Crippen molar-refractivity contribution in [3.63, 3.8) is 0 Å². The van der Waals surface area contributed by atoms with Gasteiger partial charge in [0.15, 0.2) is 0 Å². The summed E-state index contributed by atoms with van der Waals surface area (Å²) in [5, 5.41) is 2.49. The SMILES string of the molecule is C=CCCC(C)(C)c1ccc2ccccc2c1O[SiH](C)C. The first-order valence-corrected chi connectivity index (χ1v) is 10.5. The molecule has 0 atom stereocenters. The summed E-state index contributed by atoms with van der Waals surface area (Å²) < 4.78 is 6.34. The van der Waals surface area contributed by atoms with E-state index in [-0.39, 0.29) is 5.41 Å². The Bertz CT molecular complexity index is 628. The number of hydrogen-bond acceptors (Lipinski definition) is 1. The van der Waals surface area contributed by atoms with Gasteiger partial charge in [-0.3, -0.25) is 0 Å². The van der Waals surface area contributed by atoms with Crippen LogP contribution in [0.2, 0.25) is 13.1 Å². The summed E-state index contributed by atoms with van der Waals surface area (Å²) in [6.45, 7) is 12.9. The molecule has 0 N–H and O–H groups in total. The molecular formula is C19H26OSi. The Morgan fingerprint density at radius 2 is 1.86 bits per heavy atom. The number of hydrogen-bond donors (Lipinski definition) is 0. The third-order valence-electron chi connectivity index (χ3n) is 3.94. The maximum atomic E-state index is 6.34. The summed E-state index contributed by atoms with van der Waals surface area (Å²) in [6.07, 6.45) is 4.11. The van der Waals surface area contributed by atoms with E-state index in [9.17, 15) is 0 Å². The van der Waals surface area contributed by atoms with E-state index in [1.807, 2.05) is 6.08 Å². The Labute approximate surface area is 130 Å². The lowest BCUT2D eigenvalue weighted by Crippen LogP contribution is -2.21. The molecule has 0 saturated carbocycles. The minimum Gasteiger partial charge on any atom is -0.546 e.